The second kappa shape index (κ2) is 5.29. The van der Waals surface area contributed by atoms with Gasteiger partial charge in [0.25, 0.3) is 0 Å². The molecule has 0 spiro atoms. The van der Waals surface area contributed by atoms with E-state index in [0.717, 1.165) is 0 Å². The van der Waals surface area contributed by atoms with Crippen LogP contribution >= 0.6 is 23.8 Å². The molecule has 18 heavy (non-hydrogen) atoms. The molecule has 1 heterocycles. The minimum atomic E-state index is -0.434. The van der Waals surface area contributed by atoms with Gasteiger partial charge in [-0.25, -0.2) is 4.39 Å². The molecule has 3 N–H and O–H groups in total. The zero-order chi connectivity index (χ0) is 13.1. The Labute approximate surface area is 114 Å². The van der Waals surface area contributed by atoms with Crippen LogP contribution in [0.1, 0.15) is 5.69 Å². The van der Waals surface area contributed by atoms with Gasteiger partial charge in [-0.1, -0.05) is 29.9 Å². The topological polar surface area (TPSA) is 50.9 Å². The molecular formula is C12H9ClFN3S. The summed E-state index contributed by atoms with van der Waals surface area (Å²) in [6.07, 6.45) is 1.53. The van der Waals surface area contributed by atoms with Gasteiger partial charge in [0.1, 0.15) is 10.8 Å². The number of anilines is 2. The molecule has 0 aliphatic carbocycles. The van der Waals surface area contributed by atoms with Crippen molar-refractivity contribution in [2.45, 2.75) is 0 Å². The van der Waals surface area contributed by atoms with Crippen LogP contribution in [0.15, 0.2) is 36.5 Å². The predicted octanol–water partition coefficient (Wildman–Crippen LogP) is 3.25. The molecule has 0 atom stereocenters. The largest absolute Gasteiger partial charge is 0.388 e. The molecule has 2 rings (SSSR count). The number of rotatable bonds is 3. The Balaban J connectivity index is 2.34. The van der Waals surface area contributed by atoms with Crippen molar-refractivity contribution in [2.75, 3.05) is 5.32 Å². The summed E-state index contributed by atoms with van der Waals surface area (Å²) in [7, 11) is 0. The summed E-state index contributed by atoms with van der Waals surface area (Å²) >= 11 is 10.7. The van der Waals surface area contributed by atoms with Crippen LogP contribution in [-0.4, -0.2) is 9.97 Å². The Morgan fingerprint density at radius 3 is 2.83 bits per heavy atom. The molecule has 0 aliphatic rings. The lowest BCUT2D eigenvalue weighted by atomic mass is 10.2. The number of para-hydroxylation sites is 1. The minimum Gasteiger partial charge on any atom is -0.388 e. The molecule has 0 aliphatic heterocycles. The highest BCUT2D eigenvalue weighted by molar-refractivity contribution is 7.80. The number of nitrogens with zero attached hydrogens (tertiary/aromatic N) is 1. The van der Waals surface area contributed by atoms with E-state index in [4.69, 9.17) is 29.6 Å². The van der Waals surface area contributed by atoms with Gasteiger partial charge in [-0.15, -0.1) is 0 Å². The third kappa shape index (κ3) is 2.75. The Hall–Kier alpha value is -1.72. The number of nitrogens with one attached hydrogen (secondary N) is 1. The average Bonchev–Trinajstić information content (AvgIpc) is 2.34. The van der Waals surface area contributed by atoms with Crippen LogP contribution in [0, 0.1) is 5.82 Å². The molecule has 1 aromatic heterocycles. The fraction of sp³-hybridized carbons (Fsp3) is 0. The van der Waals surface area contributed by atoms with E-state index >= 15 is 0 Å². The minimum absolute atomic E-state index is 0.179. The summed E-state index contributed by atoms with van der Waals surface area (Å²) in [4.78, 5) is 4.17. The lowest BCUT2D eigenvalue weighted by Crippen LogP contribution is -2.11. The van der Waals surface area contributed by atoms with Gasteiger partial charge in [-0.05, 0) is 24.3 Å². The molecule has 0 fully saturated rings. The molecule has 0 saturated heterocycles. The summed E-state index contributed by atoms with van der Waals surface area (Å²) in [6, 6.07) is 7.76. The van der Waals surface area contributed by atoms with Crippen molar-refractivity contribution in [3.8, 4) is 0 Å². The normalized spacial score (nSPS) is 10.1. The van der Waals surface area contributed by atoms with Gasteiger partial charge in [0, 0.05) is 11.9 Å². The number of halogens is 2. The second-order valence-electron chi connectivity index (χ2n) is 3.52. The molecule has 0 bridgehead atoms. The van der Waals surface area contributed by atoms with Gasteiger partial charge in [-0.2, -0.15) is 0 Å². The molecule has 6 heteroatoms. The van der Waals surface area contributed by atoms with Crippen LogP contribution in [0.5, 0.6) is 0 Å². The number of hydrogen-bond donors (Lipinski definition) is 2. The maximum atomic E-state index is 13.6. The van der Waals surface area contributed by atoms with Gasteiger partial charge in [0.05, 0.1) is 16.4 Å². The average molecular weight is 282 g/mol. The molecule has 0 saturated carbocycles. The highest BCUT2D eigenvalue weighted by Gasteiger charge is 2.07. The van der Waals surface area contributed by atoms with Gasteiger partial charge >= 0.3 is 0 Å². The highest BCUT2D eigenvalue weighted by Crippen LogP contribution is 2.28. The summed E-state index contributed by atoms with van der Waals surface area (Å²) < 4.78 is 13.6. The van der Waals surface area contributed by atoms with Crippen LogP contribution in [-0.2, 0) is 0 Å². The summed E-state index contributed by atoms with van der Waals surface area (Å²) in [6.45, 7) is 0. The predicted molar refractivity (Wildman–Crippen MR) is 74.8 cm³/mol. The van der Waals surface area contributed by atoms with Crippen molar-refractivity contribution in [2.24, 2.45) is 5.73 Å². The molecule has 2 aromatic rings. The summed E-state index contributed by atoms with van der Waals surface area (Å²) in [5.74, 6) is -0.434. The Morgan fingerprint density at radius 2 is 2.17 bits per heavy atom. The van der Waals surface area contributed by atoms with E-state index in [1.54, 1.807) is 18.2 Å². The number of hydrogen-bond acceptors (Lipinski definition) is 3. The zero-order valence-corrected chi connectivity index (χ0v) is 10.7. The summed E-state index contributed by atoms with van der Waals surface area (Å²) in [5.41, 5.74) is 6.76. The molecule has 0 unspecified atom stereocenters. The van der Waals surface area contributed by atoms with Crippen molar-refractivity contribution in [1.29, 1.82) is 0 Å². The summed E-state index contributed by atoms with van der Waals surface area (Å²) in [5, 5.41) is 3.17. The van der Waals surface area contributed by atoms with Gasteiger partial charge in [-0.3, -0.25) is 4.98 Å². The SMILES string of the molecule is NC(=S)c1cc(Nc2c(F)cccc2Cl)ccn1. The van der Waals surface area contributed by atoms with Gasteiger partial charge < -0.3 is 11.1 Å². The number of thiocarbonyl (C=S) groups is 1. The fourth-order valence-corrected chi connectivity index (χ4v) is 1.73. The monoisotopic (exact) mass is 281 g/mol. The van der Waals surface area contributed by atoms with Crippen molar-refractivity contribution < 1.29 is 4.39 Å². The van der Waals surface area contributed by atoms with Crippen molar-refractivity contribution in [3.05, 3.63) is 53.1 Å². The first kappa shape index (κ1) is 12.7. The highest BCUT2D eigenvalue weighted by atomic mass is 35.5. The van der Waals surface area contributed by atoms with E-state index in [0.29, 0.717) is 16.4 Å². The molecule has 3 nitrogen and oxygen atoms in total. The van der Waals surface area contributed by atoms with Crippen molar-refractivity contribution in [1.82, 2.24) is 4.98 Å². The van der Waals surface area contributed by atoms with Crippen LogP contribution in [0.3, 0.4) is 0 Å². The zero-order valence-electron chi connectivity index (χ0n) is 9.15. The molecular weight excluding hydrogens is 273 g/mol. The van der Waals surface area contributed by atoms with Crippen molar-refractivity contribution >= 4 is 40.2 Å². The van der Waals surface area contributed by atoms with Gasteiger partial charge in [0.15, 0.2) is 0 Å². The lowest BCUT2D eigenvalue weighted by molar-refractivity contribution is 0.632. The maximum Gasteiger partial charge on any atom is 0.148 e. The number of benzene rings is 1. The van der Waals surface area contributed by atoms with E-state index in [1.807, 2.05) is 0 Å². The van der Waals surface area contributed by atoms with E-state index in [2.05, 4.69) is 10.3 Å². The van der Waals surface area contributed by atoms with Crippen LogP contribution in [0.4, 0.5) is 15.8 Å². The van der Waals surface area contributed by atoms with Crippen LogP contribution in [0.25, 0.3) is 0 Å². The number of aromatic nitrogens is 1. The van der Waals surface area contributed by atoms with E-state index in [-0.39, 0.29) is 10.7 Å². The third-order valence-corrected chi connectivity index (χ3v) is 2.77. The first-order chi connectivity index (χ1) is 8.58. The number of pyridine rings is 1. The molecule has 1 aromatic carbocycles. The first-order valence-corrected chi connectivity index (χ1v) is 5.83. The van der Waals surface area contributed by atoms with E-state index < -0.39 is 5.82 Å². The van der Waals surface area contributed by atoms with E-state index in [9.17, 15) is 4.39 Å². The third-order valence-electron chi connectivity index (χ3n) is 2.24. The Kier molecular flexibility index (Phi) is 3.74. The van der Waals surface area contributed by atoms with E-state index in [1.165, 1.54) is 18.3 Å². The second-order valence-corrected chi connectivity index (χ2v) is 4.36. The van der Waals surface area contributed by atoms with Crippen LogP contribution < -0.4 is 11.1 Å². The van der Waals surface area contributed by atoms with Crippen molar-refractivity contribution in [3.63, 3.8) is 0 Å². The fourth-order valence-electron chi connectivity index (χ4n) is 1.40. The Bertz CT molecular complexity index is 583. The smallest absolute Gasteiger partial charge is 0.148 e. The maximum absolute atomic E-state index is 13.6. The quantitative estimate of drug-likeness (QED) is 0.848. The lowest BCUT2D eigenvalue weighted by Gasteiger charge is -2.10. The standard InChI is InChI=1S/C12H9ClFN3S/c13-8-2-1-3-9(14)11(8)17-7-4-5-16-10(6-7)12(15)18/h1-6H,(H2,15,18)(H,16,17). The molecule has 0 amide bonds. The number of nitrogens with two attached hydrogens (primary N) is 1. The molecule has 0 radical (unpaired) electrons. The Morgan fingerprint density at radius 1 is 1.39 bits per heavy atom. The van der Waals surface area contributed by atoms with Gasteiger partial charge in [0.2, 0.25) is 0 Å². The molecule has 92 valence electrons. The first-order valence-electron chi connectivity index (χ1n) is 5.05. The van der Waals surface area contributed by atoms with Crippen LogP contribution in [0.2, 0.25) is 5.02 Å².